The first-order valence-electron chi connectivity index (χ1n) is 6.49. The van der Waals surface area contributed by atoms with E-state index in [1.54, 1.807) is 6.07 Å². The second kappa shape index (κ2) is 4.05. The first-order chi connectivity index (χ1) is 8.68. The Morgan fingerprint density at radius 1 is 1.39 bits per heavy atom. The summed E-state index contributed by atoms with van der Waals surface area (Å²) in [5.74, 6) is 0.696. The van der Waals surface area contributed by atoms with Crippen molar-refractivity contribution in [1.29, 1.82) is 0 Å². The first kappa shape index (κ1) is 11.7. The molecule has 1 aromatic carbocycles. The van der Waals surface area contributed by atoms with Gasteiger partial charge >= 0.3 is 0 Å². The Labute approximate surface area is 106 Å². The van der Waals surface area contributed by atoms with Crippen LogP contribution in [0.5, 0.6) is 0 Å². The molecule has 1 aliphatic carbocycles. The highest BCUT2D eigenvalue weighted by Gasteiger charge is 2.38. The maximum Gasteiger partial charge on any atom is 0.151 e. The number of aromatic nitrogens is 2. The van der Waals surface area contributed by atoms with E-state index in [9.17, 15) is 4.39 Å². The molecule has 4 heteroatoms. The lowest BCUT2D eigenvalue weighted by Crippen LogP contribution is -2.34. The Bertz CT molecular complexity index is 582. The molecule has 0 radical (unpaired) electrons. The van der Waals surface area contributed by atoms with Crippen LogP contribution in [-0.4, -0.2) is 16.1 Å². The van der Waals surface area contributed by atoms with Crippen molar-refractivity contribution in [1.82, 2.24) is 9.55 Å². The summed E-state index contributed by atoms with van der Waals surface area (Å²) in [6.07, 6.45) is 4.48. The molecule has 96 valence electrons. The summed E-state index contributed by atoms with van der Waals surface area (Å²) in [7, 11) is 1.96. The average molecular weight is 247 g/mol. The molecule has 1 fully saturated rings. The van der Waals surface area contributed by atoms with Gasteiger partial charge in [-0.2, -0.15) is 0 Å². The van der Waals surface area contributed by atoms with Crippen molar-refractivity contribution in [3.63, 3.8) is 0 Å². The maximum absolute atomic E-state index is 13.8. The zero-order chi connectivity index (χ0) is 12.8. The third-order valence-corrected chi connectivity index (χ3v) is 4.29. The monoisotopic (exact) mass is 247 g/mol. The standard InChI is InChI=1S/C14H18FN3/c1-18-11-6-4-5-10(15)12(11)17-13(18)14(9-16)7-2-3-8-14/h4-6H,2-3,7-9,16H2,1H3. The van der Waals surface area contributed by atoms with Gasteiger partial charge in [0.15, 0.2) is 5.82 Å². The SMILES string of the molecule is Cn1c(C2(CN)CCCC2)nc2c(F)cccc21. The molecule has 1 heterocycles. The number of aryl methyl sites for hydroxylation is 1. The number of imidazole rings is 1. The number of benzene rings is 1. The molecule has 0 aliphatic heterocycles. The lowest BCUT2D eigenvalue weighted by atomic mass is 9.85. The average Bonchev–Trinajstić information content (AvgIpc) is 2.97. The van der Waals surface area contributed by atoms with Crippen molar-refractivity contribution in [2.75, 3.05) is 6.54 Å². The number of rotatable bonds is 2. The van der Waals surface area contributed by atoms with E-state index >= 15 is 0 Å². The van der Waals surface area contributed by atoms with Crippen LogP contribution in [0.2, 0.25) is 0 Å². The Kier molecular flexibility index (Phi) is 2.63. The van der Waals surface area contributed by atoms with E-state index in [4.69, 9.17) is 5.73 Å². The van der Waals surface area contributed by atoms with E-state index in [-0.39, 0.29) is 11.2 Å². The van der Waals surface area contributed by atoms with Gasteiger partial charge in [-0.1, -0.05) is 18.9 Å². The molecule has 3 rings (SSSR count). The molecule has 1 aliphatic rings. The third kappa shape index (κ3) is 1.48. The highest BCUT2D eigenvalue weighted by molar-refractivity contribution is 5.76. The minimum Gasteiger partial charge on any atom is -0.331 e. The molecule has 0 atom stereocenters. The predicted octanol–water partition coefficient (Wildman–Crippen LogP) is 2.48. The van der Waals surface area contributed by atoms with Gasteiger partial charge in [0.25, 0.3) is 0 Å². The Balaban J connectivity index is 2.23. The first-order valence-corrected chi connectivity index (χ1v) is 6.49. The molecule has 0 unspecified atom stereocenters. The van der Waals surface area contributed by atoms with E-state index in [0.717, 1.165) is 24.2 Å². The van der Waals surface area contributed by atoms with Crippen molar-refractivity contribution < 1.29 is 4.39 Å². The second-order valence-electron chi connectivity index (χ2n) is 5.29. The number of fused-ring (bicyclic) bond motifs is 1. The molecule has 1 saturated carbocycles. The lowest BCUT2D eigenvalue weighted by Gasteiger charge is -2.26. The van der Waals surface area contributed by atoms with Crippen molar-refractivity contribution in [3.05, 3.63) is 29.8 Å². The van der Waals surface area contributed by atoms with Crippen LogP contribution in [0.4, 0.5) is 4.39 Å². The molecule has 3 nitrogen and oxygen atoms in total. The highest BCUT2D eigenvalue weighted by atomic mass is 19.1. The molecule has 2 aromatic rings. The minimum absolute atomic E-state index is 0.0553. The molecule has 0 spiro atoms. The number of halogens is 1. The van der Waals surface area contributed by atoms with Gasteiger partial charge in [0.1, 0.15) is 11.3 Å². The van der Waals surface area contributed by atoms with Gasteiger partial charge in [-0.15, -0.1) is 0 Å². The van der Waals surface area contributed by atoms with Gasteiger partial charge in [0.05, 0.1) is 5.52 Å². The summed E-state index contributed by atoms with van der Waals surface area (Å²) in [5, 5.41) is 0. The summed E-state index contributed by atoms with van der Waals surface area (Å²) in [6, 6.07) is 5.10. The van der Waals surface area contributed by atoms with Crippen molar-refractivity contribution in [2.45, 2.75) is 31.1 Å². The Morgan fingerprint density at radius 2 is 2.11 bits per heavy atom. The van der Waals surface area contributed by atoms with Crippen LogP contribution in [0, 0.1) is 5.82 Å². The van der Waals surface area contributed by atoms with E-state index < -0.39 is 0 Å². The molecule has 2 N–H and O–H groups in total. The van der Waals surface area contributed by atoms with Crippen LogP contribution >= 0.6 is 0 Å². The second-order valence-corrected chi connectivity index (χ2v) is 5.29. The number of nitrogens with zero attached hydrogens (tertiary/aromatic N) is 2. The van der Waals surface area contributed by atoms with Crippen LogP contribution in [0.25, 0.3) is 11.0 Å². The van der Waals surface area contributed by atoms with Crippen LogP contribution in [0.15, 0.2) is 18.2 Å². The zero-order valence-electron chi connectivity index (χ0n) is 10.6. The smallest absolute Gasteiger partial charge is 0.151 e. The Morgan fingerprint density at radius 3 is 2.72 bits per heavy atom. The number of hydrogen-bond acceptors (Lipinski definition) is 2. The fourth-order valence-electron chi connectivity index (χ4n) is 3.23. The largest absolute Gasteiger partial charge is 0.331 e. The third-order valence-electron chi connectivity index (χ3n) is 4.29. The Hall–Kier alpha value is -1.42. The minimum atomic E-state index is -0.250. The summed E-state index contributed by atoms with van der Waals surface area (Å²) in [5.41, 5.74) is 7.25. The summed E-state index contributed by atoms with van der Waals surface area (Å²) < 4.78 is 15.8. The van der Waals surface area contributed by atoms with Crippen LogP contribution in [-0.2, 0) is 12.5 Å². The number of para-hydroxylation sites is 1. The molecule has 0 bridgehead atoms. The van der Waals surface area contributed by atoms with E-state index in [1.807, 2.05) is 17.7 Å². The predicted molar refractivity (Wildman–Crippen MR) is 69.9 cm³/mol. The van der Waals surface area contributed by atoms with Gasteiger partial charge in [-0.3, -0.25) is 0 Å². The molecule has 1 aromatic heterocycles. The quantitative estimate of drug-likeness (QED) is 0.886. The lowest BCUT2D eigenvalue weighted by molar-refractivity contribution is 0.414. The molecular weight excluding hydrogens is 229 g/mol. The summed E-state index contributed by atoms with van der Waals surface area (Å²) in [6.45, 7) is 0.589. The maximum atomic E-state index is 13.8. The van der Waals surface area contributed by atoms with Gasteiger partial charge in [-0.25, -0.2) is 9.37 Å². The summed E-state index contributed by atoms with van der Waals surface area (Å²) >= 11 is 0. The van der Waals surface area contributed by atoms with Crippen molar-refractivity contribution >= 4 is 11.0 Å². The number of hydrogen-bond donors (Lipinski definition) is 1. The van der Waals surface area contributed by atoms with Gasteiger partial charge in [0.2, 0.25) is 0 Å². The fraction of sp³-hybridized carbons (Fsp3) is 0.500. The van der Waals surface area contributed by atoms with Crippen LogP contribution in [0.3, 0.4) is 0 Å². The van der Waals surface area contributed by atoms with E-state index in [2.05, 4.69) is 4.98 Å². The van der Waals surface area contributed by atoms with E-state index in [1.165, 1.54) is 18.9 Å². The van der Waals surface area contributed by atoms with Gasteiger partial charge in [0, 0.05) is 19.0 Å². The van der Waals surface area contributed by atoms with Gasteiger partial charge in [-0.05, 0) is 25.0 Å². The fourth-order valence-corrected chi connectivity index (χ4v) is 3.23. The van der Waals surface area contributed by atoms with Gasteiger partial charge < -0.3 is 10.3 Å². The van der Waals surface area contributed by atoms with E-state index in [0.29, 0.717) is 12.1 Å². The highest BCUT2D eigenvalue weighted by Crippen LogP contribution is 2.40. The number of nitrogens with two attached hydrogens (primary N) is 1. The summed E-state index contributed by atoms with van der Waals surface area (Å²) in [4.78, 5) is 4.54. The molecule has 0 amide bonds. The normalized spacial score (nSPS) is 18.6. The molecule has 0 saturated heterocycles. The van der Waals surface area contributed by atoms with Crippen LogP contribution < -0.4 is 5.73 Å². The zero-order valence-corrected chi connectivity index (χ0v) is 10.6. The van der Waals surface area contributed by atoms with Crippen molar-refractivity contribution in [2.24, 2.45) is 12.8 Å². The van der Waals surface area contributed by atoms with Crippen molar-refractivity contribution in [3.8, 4) is 0 Å². The molecule has 18 heavy (non-hydrogen) atoms. The van der Waals surface area contributed by atoms with Crippen LogP contribution in [0.1, 0.15) is 31.5 Å². The topological polar surface area (TPSA) is 43.8 Å². The molecular formula is C14H18FN3.